The topological polar surface area (TPSA) is 28.7 Å². The van der Waals surface area contributed by atoms with Crippen molar-refractivity contribution in [2.24, 2.45) is 0 Å². The third-order valence-corrected chi connectivity index (χ3v) is 2.19. The number of pyridine rings is 1. The SMILES string of the molecule is Cc1nc2[nH]ccc2c(F)c1Cl. The van der Waals surface area contributed by atoms with Crippen LogP contribution in [0.4, 0.5) is 4.39 Å². The lowest BCUT2D eigenvalue weighted by Gasteiger charge is -1.98. The lowest BCUT2D eigenvalue weighted by Crippen LogP contribution is -1.88. The number of hydrogen-bond donors (Lipinski definition) is 1. The van der Waals surface area contributed by atoms with Crippen LogP contribution in [-0.2, 0) is 0 Å². The summed E-state index contributed by atoms with van der Waals surface area (Å²) in [5.41, 5.74) is 1.04. The second-order valence-corrected chi connectivity index (χ2v) is 2.94. The quantitative estimate of drug-likeness (QED) is 0.670. The van der Waals surface area contributed by atoms with Gasteiger partial charge >= 0.3 is 0 Å². The molecule has 0 atom stereocenters. The minimum absolute atomic E-state index is 0.0992. The fourth-order valence-corrected chi connectivity index (χ4v) is 1.27. The van der Waals surface area contributed by atoms with Crippen LogP contribution < -0.4 is 0 Å². The Morgan fingerprint density at radius 1 is 1.58 bits per heavy atom. The van der Waals surface area contributed by atoms with Gasteiger partial charge in [0, 0.05) is 6.20 Å². The van der Waals surface area contributed by atoms with Crippen LogP contribution in [0.25, 0.3) is 11.0 Å². The van der Waals surface area contributed by atoms with E-state index in [9.17, 15) is 4.39 Å². The molecule has 12 heavy (non-hydrogen) atoms. The van der Waals surface area contributed by atoms with Gasteiger partial charge in [-0.3, -0.25) is 0 Å². The Kier molecular flexibility index (Phi) is 1.54. The van der Waals surface area contributed by atoms with Gasteiger partial charge in [-0.25, -0.2) is 9.37 Å². The van der Waals surface area contributed by atoms with E-state index in [0.29, 0.717) is 16.7 Å². The fraction of sp³-hybridized carbons (Fsp3) is 0.125. The first-order valence-electron chi connectivity index (χ1n) is 3.49. The van der Waals surface area contributed by atoms with E-state index in [1.165, 1.54) is 0 Å². The van der Waals surface area contributed by atoms with Crippen molar-refractivity contribution in [3.63, 3.8) is 0 Å². The Bertz CT molecular complexity index is 436. The van der Waals surface area contributed by atoms with Crippen molar-refractivity contribution in [3.8, 4) is 0 Å². The molecule has 0 fully saturated rings. The fourth-order valence-electron chi connectivity index (χ4n) is 1.12. The number of fused-ring (bicyclic) bond motifs is 1. The lowest BCUT2D eigenvalue weighted by molar-refractivity contribution is 0.637. The predicted molar refractivity (Wildman–Crippen MR) is 45.8 cm³/mol. The lowest BCUT2D eigenvalue weighted by atomic mass is 10.3. The third-order valence-electron chi connectivity index (χ3n) is 1.75. The normalized spacial score (nSPS) is 10.9. The van der Waals surface area contributed by atoms with Gasteiger partial charge in [-0.15, -0.1) is 0 Å². The van der Waals surface area contributed by atoms with Crippen LogP contribution in [0.3, 0.4) is 0 Å². The van der Waals surface area contributed by atoms with Crippen molar-refractivity contribution in [2.45, 2.75) is 6.92 Å². The van der Waals surface area contributed by atoms with E-state index >= 15 is 0 Å². The first-order valence-corrected chi connectivity index (χ1v) is 3.86. The standard InChI is InChI=1S/C8H6ClFN2/c1-4-6(9)7(10)5-2-3-11-8(5)12-4/h2-3H,1H3,(H,11,12). The smallest absolute Gasteiger partial charge is 0.154 e. The molecule has 2 rings (SSSR count). The van der Waals surface area contributed by atoms with Crippen molar-refractivity contribution in [1.82, 2.24) is 9.97 Å². The van der Waals surface area contributed by atoms with Crippen molar-refractivity contribution in [1.29, 1.82) is 0 Å². The zero-order chi connectivity index (χ0) is 8.72. The number of hydrogen-bond acceptors (Lipinski definition) is 1. The average Bonchev–Trinajstić information content (AvgIpc) is 2.48. The molecule has 0 amide bonds. The third kappa shape index (κ3) is 0.898. The molecular weight excluding hydrogens is 179 g/mol. The van der Waals surface area contributed by atoms with E-state index < -0.39 is 5.82 Å². The number of aromatic amines is 1. The van der Waals surface area contributed by atoms with Gasteiger partial charge in [0.25, 0.3) is 0 Å². The summed E-state index contributed by atoms with van der Waals surface area (Å²) in [4.78, 5) is 6.89. The summed E-state index contributed by atoms with van der Waals surface area (Å²) in [6, 6.07) is 1.61. The van der Waals surface area contributed by atoms with E-state index in [2.05, 4.69) is 9.97 Å². The summed E-state index contributed by atoms with van der Waals surface area (Å²) < 4.78 is 13.3. The second kappa shape index (κ2) is 2.45. The Morgan fingerprint density at radius 2 is 2.33 bits per heavy atom. The van der Waals surface area contributed by atoms with E-state index in [0.717, 1.165) is 0 Å². The number of rotatable bonds is 0. The largest absolute Gasteiger partial charge is 0.346 e. The van der Waals surface area contributed by atoms with E-state index in [4.69, 9.17) is 11.6 Å². The molecule has 0 saturated heterocycles. The highest BCUT2D eigenvalue weighted by Crippen LogP contribution is 2.24. The first kappa shape index (κ1) is 7.55. The summed E-state index contributed by atoms with van der Waals surface area (Å²) in [5, 5.41) is 0.535. The molecule has 0 aromatic carbocycles. The summed E-state index contributed by atoms with van der Waals surface area (Å²) in [6.07, 6.45) is 1.64. The van der Waals surface area contributed by atoms with Gasteiger partial charge < -0.3 is 4.98 Å². The number of H-pyrrole nitrogens is 1. The van der Waals surface area contributed by atoms with Gasteiger partial charge in [-0.2, -0.15) is 0 Å². The van der Waals surface area contributed by atoms with Crippen molar-refractivity contribution in [3.05, 3.63) is 28.8 Å². The minimum atomic E-state index is -0.402. The molecule has 0 spiro atoms. The van der Waals surface area contributed by atoms with Crippen LogP contribution in [-0.4, -0.2) is 9.97 Å². The number of nitrogens with one attached hydrogen (secondary N) is 1. The molecule has 2 heterocycles. The molecule has 62 valence electrons. The molecule has 2 aromatic heterocycles. The number of aryl methyl sites for hydroxylation is 1. The summed E-state index contributed by atoms with van der Waals surface area (Å²) in [5.74, 6) is -0.402. The Hall–Kier alpha value is -1.09. The van der Waals surface area contributed by atoms with E-state index in [1.807, 2.05) is 0 Å². The van der Waals surface area contributed by atoms with Crippen LogP contribution in [0.5, 0.6) is 0 Å². The number of nitrogens with zero attached hydrogens (tertiary/aromatic N) is 1. The molecule has 0 saturated carbocycles. The predicted octanol–water partition coefficient (Wildman–Crippen LogP) is 2.66. The van der Waals surface area contributed by atoms with Gasteiger partial charge in [0.2, 0.25) is 0 Å². The molecule has 0 aliphatic heterocycles. The highest BCUT2D eigenvalue weighted by molar-refractivity contribution is 6.32. The van der Waals surface area contributed by atoms with Gasteiger partial charge in [0.15, 0.2) is 5.82 Å². The van der Waals surface area contributed by atoms with Crippen LogP contribution in [0.2, 0.25) is 5.02 Å². The molecule has 0 radical (unpaired) electrons. The van der Waals surface area contributed by atoms with E-state index in [-0.39, 0.29) is 5.02 Å². The molecule has 4 heteroatoms. The Morgan fingerprint density at radius 3 is 3.08 bits per heavy atom. The second-order valence-electron chi connectivity index (χ2n) is 2.57. The van der Waals surface area contributed by atoms with Gasteiger partial charge in [0.05, 0.1) is 16.1 Å². The highest BCUT2D eigenvalue weighted by Gasteiger charge is 2.10. The monoisotopic (exact) mass is 184 g/mol. The summed E-state index contributed by atoms with van der Waals surface area (Å²) in [6.45, 7) is 1.67. The van der Waals surface area contributed by atoms with Crippen molar-refractivity contribution < 1.29 is 4.39 Å². The molecule has 0 aliphatic carbocycles. The molecule has 0 bridgehead atoms. The zero-order valence-electron chi connectivity index (χ0n) is 6.36. The van der Waals surface area contributed by atoms with E-state index in [1.54, 1.807) is 19.2 Å². The maximum Gasteiger partial charge on any atom is 0.154 e. The maximum absolute atomic E-state index is 13.3. The Labute approximate surface area is 73.4 Å². The average molecular weight is 185 g/mol. The number of halogens is 2. The van der Waals surface area contributed by atoms with Gasteiger partial charge in [-0.05, 0) is 13.0 Å². The molecule has 0 unspecified atom stereocenters. The van der Waals surface area contributed by atoms with Crippen molar-refractivity contribution >= 4 is 22.6 Å². The molecule has 0 aliphatic rings. The summed E-state index contributed by atoms with van der Waals surface area (Å²) >= 11 is 5.66. The van der Waals surface area contributed by atoms with Crippen LogP contribution in [0.1, 0.15) is 5.69 Å². The van der Waals surface area contributed by atoms with Crippen LogP contribution >= 0.6 is 11.6 Å². The summed E-state index contributed by atoms with van der Waals surface area (Å²) in [7, 11) is 0. The van der Waals surface area contributed by atoms with Crippen LogP contribution in [0, 0.1) is 12.7 Å². The van der Waals surface area contributed by atoms with Crippen LogP contribution in [0.15, 0.2) is 12.3 Å². The van der Waals surface area contributed by atoms with Gasteiger partial charge in [-0.1, -0.05) is 11.6 Å². The maximum atomic E-state index is 13.3. The van der Waals surface area contributed by atoms with Crippen molar-refractivity contribution in [2.75, 3.05) is 0 Å². The van der Waals surface area contributed by atoms with Gasteiger partial charge in [0.1, 0.15) is 5.65 Å². The molecular formula is C8H6ClFN2. The molecule has 2 nitrogen and oxygen atoms in total. The number of aromatic nitrogens is 2. The molecule has 1 N–H and O–H groups in total. The zero-order valence-corrected chi connectivity index (χ0v) is 7.11. The first-order chi connectivity index (χ1) is 5.70. The highest BCUT2D eigenvalue weighted by atomic mass is 35.5. The minimum Gasteiger partial charge on any atom is -0.346 e. The Balaban J connectivity index is 2.94. The molecule has 2 aromatic rings.